The minimum absolute atomic E-state index is 0.453. The minimum Gasteiger partial charge on any atom is -0.378 e. The van der Waals surface area contributed by atoms with Crippen LogP contribution in [-0.4, -0.2) is 41.5 Å². The Morgan fingerprint density at radius 1 is 0.964 bits per heavy atom. The number of anilines is 5. The van der Waals surface area contributed by atoms with Gasteiger partial charge in [-0.3, -0.25) is 0 Å². The van der Waals surface area contributed by atoms with Gasteiger partial charge in [-0.05, 0) is 49.2 Å². The van der Waals surface area contributed by atoms with Gasteiger partial charge in [-0.2, -0.15) is 10.1 Å². The van der Waals surface area contributed by atoms with E-state index in [4.69, 9.17) is 4.74 Å². The summed E-state index contributed by atoms with van der Waals surface area (Å²) in [5.74, 6) is 1.10. The lowest BCUT2D eigenvalue weighted by Gasteiger charge is -2.30. The van der Waals surface area contributed by atoms with E-state index in [9.17, 15) is 0 Å². The van der Waals surface area contributed by atoms with Gasteiger partial charge >= 0.3 is 0 Å². The molecule has 144 valence electrons. The molecular formula is C21H24N6O. The van der Waals surface area contributed by atoms with Crippen molar-refractivity contribution < 1.29 is 4.74 Å². The zero-order valence-corrected chi connectivity index (χ0v) is 16.1. The molecule has 0 aliphatic carbocycles. The summed E-state index contributed by atoms with van der Waals surface area (Å²) in [5, 5.41) is 14.8. The van der Waals surface area contributed by atoms with Crippen LogP contribution in [0.5, 0.6) is 0 Å². The zero-order valence-electron chi connectivity index (χ0n) is 16.1. The van der Waals surface area contributed by atoms with E-state index in [0.717, 1.165) is 43.4 Å². The Balaban J connectivity index is 1.53. The molecule has 7 nitrogen and oxygen atoms in total. The number of hydrogen-bond donors (Lipinski definition) is 2. The topological polar surface area (TPSA) is 75.2 Å². The molecule has 0 atom stereocenters. The lowest BCUT2D eigenvalue weighted by molar-refractivity contribution is 0.123. The molecule has 7 heteroatoms. The van der Waals surface area contributed by atoms with E-state index in [0.29, 0.717) is 11.8 Å². The van der Waals surface area contributed by atoms with E-state index in [2.05, 4.69) is 62.8 Å². The van der Waals surface area contributed by atoms with Gasteiger partial charge in [0.25, 0.3) is 0 Å². The van der Waals surface area contributed by atoms with Gasteiger partial charge in [0.2, 0.25) is 5.95 Å². The predicted molar refractivity (Wildman–Crippen MR) is 112 cm³/mol. The van der Waals surface area contributed by atoms with Crippen molar-refractivity contribution in [3.8, 4) is 0 Å². The molecule has 1 aliphatic heterocycles. The minimum atomic E-state index is 0.453. The number of para-hydroxylation sites is 2. The fourth-order valence-corrected chi connectivity index (χ4v) is 3.16. The van der Waals surface area contributed by atoms with Crippen molar-refractivity contribution in [3.05, 3.63) is 59.8 Å². The molecule has 0 amide bonds. The number of benzene rings is 2. The summed E-state index contributed by atoms with van der Waals surface area (Å²) in [5.41, 5.74) is 5.53. The Kier molecular flexibility index (Phi) is 5.34. The molecule has 2 N–H and O–H groups in total. The maximum atomic E-state index is 5.46. The number of aromatic nitrogens is 3. The summed E-state index contributed by atoms with van der Waals surface area (Å²) >= 11 is 0. The summed E-state index contributed by atoms with van der Waals surface area (Å²) < 4.78 is 5.46. The third-order valence-corrected chi connectivity index (χ3v) is 4.84. The first-order valence-corrected chi connectivity index (χ1v) is 9.42. The Hall–Kier alpha value is -3.19. The second kappa shape index (κ2) is 8.22. The fraction of sp³-hybridized carbons (Fsp3) is 0.286. The molecule has 0 unspecified atom stereocenters. The summed E-state index contributed by atoms with van der Waals surface area (Å²) in [6.07, 6.45) is 1.62. The molecule has 0 bridgehead atoms. The number of hydrogen-bond acceptors (Lipinski definition) is 7. The zero-order chi connectivity index (χ0) is 19.3. The monoisotopic (exact) mass is 376 g/mol. The number of rotatable bonds is 5. The molecule has 0 radical (unpaired) electrons. The van der Waals surface area contributed by atoms with Crippen LogP contribution in [0.15, 0.2) is 48.7 Å². The van der Waals surface area contributed by atoms with Crippen molar-refractivity contribution in [2.45, 2.75) is 13.8 Å². The van der Waals surface area contributed by atoms with Crippen LogP contribution in [0, 0.1) is 13.8 Å². The number of aryl methyl sites for hydroxylation is 2. The molecular weight excluding hydrogens is 352 g/mol. The number of nitrogens with zero attached hydrogens (tertiary/aromatic N) is 4. The van der Waals surface area contributed by atoms with Crippen LogP contribution in [-0.2, 0) is 4.74 Å². The van der Waals surface area contributed by atoms with Crippen LogP contribution in [0.1, 0.15) is 11.1 Å². The summed E-state index contributed by atoms with van der Waals surface area (Å²) in [6.45, 7) is 7.40. The van der Waals surface area contributed by atoms with E-state index in [1.54, 1.807) is 6.20 Å². The molecule has 2 aromatic carbocycles. The van der Waals surface area contributed by atoms with Crippen molar-refractivity contribution in [1.29, 1.82) is 0 Å². The Morgan fingerprint density at radius 3 is 2.61 bits per heavy atom. The van der Waals surface area contributed by atoms with Crippen LogP contribution < -0.4 is 15.5 Å². The van der Waals surface area contributed by atoms with Crippen LogP contribution in [0.25, 0.3) is 0 Å². The molecule has 1 saturated heterocycles. The molecule has 2 heterocycles. The highest BCUT2D eigenvalue weighted by Gasteiger charge is 2.15. The number of nitrogens with one attached hydrogen (secondary N) is 2. The summed E-state index contributed by atoms with van der Waals surface area (Å²) in [4.78, 5) is 6.86. The summed E-state index contributed by atoms with van der Waals surface area (Å²) in [7, 11) is 0. The highest BCUT2D eigenvalue weighted by atomic mass is 16.5. The van der Waals surface area contributed by atoms with E-state index < -0.39 is 0 Å². The van der Waals surface area contributed by atoms with Crippen molar-refractivity contribution >= 4 is 28.8 Å². The predicted octanol–water partition coefficient (Wildman–Crippen LogP) is 3.81. The molecule has 28 heavy (non-hydrogen) atoms. The highest BCUT2D eigenvalue weighted by molar-refractivity contribution is 5.73. The third kappa shape index (κ3) is 4.20. The Bertz CT molecular complexity index is 955. The fourth-order valence-electron chi connectivity index (χ4n) is 3.16. The first-order chi connectivity index (χ1) is 13.7. The largest absolute Gasteiger partial charge is 0.378 e. The number of morpholine rings is 1. The lowest BCUT2D eigenvalue weighted by Crippen LogP contribution is -2.36. The number of ether oxygens (including phenoxy) is 1. The molecule has 0 saturated carbocycles. The first-order valence-electron chi connectivity index (χ1n) is 9.42. The standard InChI is InChI=1S/C21H24N6O/c1-15-7-8-17(13-16(15)2)23-20-14-22-26-21(25-20)24-18-5-3-4-6-19(18)27-9-11-28-12-10-27/h3-8,13-14H,9-12H2,1-2H3,(H2,23,24,25,26). The Morgan fingerprint density at radius 2 is 1.79 bits per heavy atom. The maximum absolute atomic E-state index is 5.46. The SMILES string of the molecule is Cc1ccc(Nc2cnnc(Nc3ccccc3N3CCOCC3)n2)cc1C. The van der Waals surface area contributed by atoms with Crippen LogP contribution in [0.4, 0.5) is 28.8 Å². The third-order valence-electron chi connectivity index (χ3n) is 4.84. The van der Waals surface area contributed by atoms with E-state index in [1.165, 1.54) is 11.1 Å². The second-order valence-corrected chi connectivity index (χ2v) is 6.83. The summed E-state index contributed by atoms with van der Waals surface area (Å²) in [6, 6.07) is 14.4. The maximum Gasteiger partial charge on any atom is 0.249 e. The van der Waals surface area contributed by atoms with Crippen molar-refractivity contribution in [3.63, 3.8) is 0 Å². The van der Waals surface area contributed by atoms with Gasteiger partial charge in [0, 0.05) is 18.8 Å². The molecule has 4 rings (SSSR count). The second-order valence-electron chi connectivity index (χ2n) is 6.83. The van der Waals surface area contributed by atoms with E-state index in [-0.39, 0.29) is 0 Å². The van der Waals surface area contributed by atoms with Crippen LogP contribution in [0.2, 0.25) is 0 Å². The van der Waals surface area contributed by atoms with E-state index >= 15 is 0 Å². The average molecular weight is 376 g/mol. The van der Waals surface area contributed by atoms with Crippen molar-refractivity contribution in [2.24, 2.45) is 0 Å². The molecule has 3 aromatic rings. The van der Waals surface area contributed by atoms with Crippen molar-refractivity contribution in [2.75, 3.05) is 41.8 Å². The highest BCUT2D eigenvalue weighted by Crippen LogP contribution is 2.28. The van der Waals surface area contributed by atoms with Gasteiger partial charge in [0.15, 0.2) is 5.82 Å². The quantitative estimate of drug-likeness (QED) is 0.701. The van der Waals surface area contributed by atoms with Gasteiger partial charge in [-0.1, -0.05) is 18.2 Å². The van der Waals surface area contributed by atoms with Gasteiger partial charge in [0.05, 0.1) is 30.8 Å². The van der Waals surface area contributed by atoms with E-state index in [1.807, 2.05) is 24.3 Å². The van der Waals surface area contributed by atoms with Crippen LogP contribution in [0.3, 0.4) is 0 Å². The molecule has 0 spiro atoms. The van der Waals surface area contributed by atoms with Crippen LogP contribution >= 0.6 is 0 Å². The average Bonchev–Trinajstić information content (AvgIpc) is 2.72. The molecule has 1 aromatic heterocycles. The van der Waals surface area contributed by atoms with Gasteiger partial charge in [-0.15, -0.1) is 5.10 Å². The van der Waals surface area contributed by atoms with Gasteiger partial charge in [-0.25, -0.2) is 0 Å². The van der Waals surface area contributed by atoms with Gasteiger partial charge < -0.3 is 20.3 Å². The smallest absolute Gasteiger partial charge is 0.249 e. The van der Waals surface area contributed by atoms with Crippen molar-refractivity contribution in [1.82, 2.24) is 15.2 Å². The normalized spacial score (nSPS) is 14.0. The van der Waals surface area contributed by atoms with Gasteiger partial charge in [0.1, 0.15) is 0 Å². The molecule has 1 fully saturated rings. The lowest BCUT2D eigenvalue weighted by atomic mass is 10.1. The first kappa shape index (κ1) is 18.2. The Labute approximate surface area is 164 Å². The molecule has 1 aliphatic rings.